The first-order chi connectivity index (χ1) is 18.2. The zero-order valence-corrected chi connectivity index (χ0v) is 22.8. The Labute approximate surface area is 224 Å². The molecule has 3 N–H and O–H groups in total. The van der Waals surface area contributed by atoms with E-state index in [0.717, 1.165) is 25.2 Å². The van der Waals surface area contributed by atoms with Crippen molar-refractivity contribution in [3.05, 3.63) is 59.8 Å². The third kappa shape index (κ3) is 6.69. The Morgan fingerprint density at radius 2 is 1.82 bits per heavy atom. The van der Waals surface area contributed by atoms with E-state index in [2.05, 4.69) is 30.4 Å². The molecule has 9 nitrogen and oxygen atoms in total. The number of benzene rings is 2. The zero-order chi connectivity index (χ0) is 28.5. The number of alkyl halides is 3. The van der Waals surface area contributed by atoms with Gasteiger partial charge in [0.1, 0.15) is 18.5 Å². The van der Waals surface area contributed by atoms with E-state index < -0.39 is 30.7 Å². The number of aromatic carboxylic acids is 1. The maximum atomic E-state index is 13.9. The third-order valence-corrected chi connectivity index (χ3v) is 8.09. The molecule has 2 aromatic carbocycles. The van der Waals surface area contributed by atoms with E-state index in [1.807, 2.05) is 14.1 Å². The van der Waals surface area contributed by atoms with Crippen molar-refractivity contribution >= 4 is 47.2 Å². The minimum Gasteiger partial charge on any atom is -0.478 e. The van der Waals surface area contributed by atoms with Crippen LogP contribution >= 0.6 is 7.14 Å². The van der Waals surface area contributed by atoms with E-state index in [1.54, 1.807) is 31.5 Å². The van der Waals surface area contributed by atoms with Gasteiger partial charge in [-0.1, -0.05) is 0 Å². The smallest absolute Gasteiger partial charge is 0.421 e. The number of likely N-dealkylation sites (N-methyl/N-ethyl adjacent to an activating group) is 1. The first-order valence-electron chi connectivity index (χ1n) is 12.1. The Morgan fingerprint density at radius 1 is 1.13 bits per heavy atom. The monoisotopic (exact) mass is 562 g/mol. The Balaban J connectivity index is 1.68. The second-order valence-corrected chi connectivity index (χ2v) is 13.2. The van der Waals surface area contributed by atoms with Crippen LogP contribution in [-0.4, -0.2) is 72.5 Å². The van der Waals surface area contributed by atoms with Crippen LogP contribution in [0.15, 0.2) is 48.7 Å². The summed E-state index contributed by atoms with van der Waals surface area (Å²) in [6.45, 7) is 4.76. The Hall–Kier alpha value is -3.63. The van der Waals surface area contributed by atoms with Crippen LogP contribution in [0.25, 0.3) is 0 Å². The van der Waals surface area contributed by atoms with Gasteiger partial charge < -0.3 is 30.1 Å². The first kappa shape index (κ1) is 28.4. The van der Waals surface area contributed by atoms with Gasteiger partial charge in [0.2, 0.25) is 5.95 Å². The van der Waals surface area contributed by atoms with E-state index in [-0.39, 0.29) is 17.2 Å². The topological polar surface area (TPSA) is 111 Å². The molecule has 1 aromatic heterocycles. The normalized spacial score (nSPS) is 16.0. The number of aromatic nitrogens is 2. The zero-order valence-electron chi connectivity index (χ0n) is 22.0. The number of carboxylic acids is 1. The van der Waals surface area contributed by atoms with Crippen molar-refractivity contribution in [3.8, 4) is 0 Å². The molecule has 39 heavy (non-hydrogen) atoms. The fourth-order valence-electron chi connectivity index (χ4n) is 4.36. The van der Waals surface area contributed by atoms with Gasteiger partial charge >= 0.3 is 12.1 Å². The lowest BCUT2D eigenvalue weighted by molar-refractivity contribution is -0.137. The molecule has 208 valence electrons. The lowest BCUT2D eigenvalue weighted by Gasteiger charge is -2.24. The van der Waals surface area contributed by atoms with Gasteiger partial charge in [0.25, 0.3) is 0 Å². The van der Waals surface area contributed by atoms with E-state index in [1.165, 1.54) is 24.3 Å². The average Bonchev–Trinajstić information content (AvgIpc) is 3.34. The number of carboxylic acid groups (broad SMARTS) is 1. The first-order valence-corrected chi connectivity index (χ1v) is 14.7. The number of nitrogens with zero attached hydrogens (tertiary/aromatic N) is 4. The molecule has 1 atom stereocenters. The maximum Gasteiger partial charge on any atom is 0.421 e. The fourth-order valence-corrected chi connectivity index (χ4v) is 5.52. The number of nitrogens with one attached hydrogen (secondary N) is 2. The molecule has 0 aliphatic carbocycles. The van der Waals surface area contributed by atoms with Crippen molar-refractivity contribution in [1.29, 1.82) is 0 Å². The summed E-state index contributed by atoms with van der Waals surface area (Å²) in [5.41, 5.74) is 0.483. The summed E-state index contributed by atoms with van der Waals surface area (Å²) in [7, 11) is 1.12. The minimum atomic E-state index is -4.75. The molecule has 1 aliphatic heterocycles. The van der Waals surface area contributed by atoms with Gasteiger partial charge in [0.05, 0.1) is 11.3 Å². The number of carbonyl (C=O) groups is 1. The van der Waals surface area contributed by atoms with Crippen molar-refractivity contribution < 1.29 is 27.6 Å². The summed E-state index contributed by atoms with van der Waals surface area (Å²) in [5, 5.41) is 15.0. The fraction of sp³-hybridized carbons (Fsp3) is 0.346. The molecule has 0 radical (unpaired) electrons. The SMILES string of the molecule is CN(C)C1CCN(c2ccc(Nc3nc(Nc4ccc(C(=O)O)cc4)ncc3C(F)(F)F)c(P(C)(C)=O)c2)C1. The van der Waals surface area contributed by atoms with Crippen LogP contribution in [0.2, 0.25) is 0 Å². The molecule has 2 heterocycles. The van der Waals surface area contributed by atoms with Crippen LogP contribution in [0, 0.1) is 0 Å². The Kier molecular flexibility index (Phi) is 7.90. The maximum absolute atomic E-state index is 13.9. The van der Waals surface area contributed by atoms with Crippen molar-refractivity contribution in [1.82, 2.24) is 14.9 Å². The minimum absolute atomic E-state index is 0.0574. The molecule has 3 aromatic rings. The summed E-state index contributed by atoms with van der Waals surface area (Å²) < 4.78 is 54.9. The molecule has 0 saturated carbocycles. The molecular weight excluding hydrogens is 532 g/mol. The summed E-state index contributed by atoms with van der Waals surface area (Å²) in [4.78, 5) is 23.3. The van der Waals surface area contributed by atoms with Crippen molar-refractivity contribution in [3.63, 3.8) is 0 Å². The van der Waals surface area contributed by atoms with Gasteiger partial charge in [0.15, 0.2) is 0 Å². The Bertz CT molecular complexity index is 1410. The van der Waals surface area contributed by atoms with Gasteiger partial charge in [-0.2, -0.15) is 18.2 Å². The van der Waals surface area contributed by atoms with E-state index in [9.17, 15) is 22.5 Å². The van der Waals surface area contributed by atoms with Gasteiger partial charge in [0, 0.05) is 42.0 Å². The van der Waals surface area contributed by atoms with Crippen LogP contribution < -0.4 is 20.8 Å². The largest absolute Gasteiger partial charge is 0.478 e. The highest BCUT2D eigenvalue weighted by Gasteiger charge is 2.36. The van der Waals surface area contributed by atoms with Crippen molar-refractivity contribution in [2.75, 3.05) is 56.0 Å². The van der Waals surface area contributed by atoms with Crippen LogP contribution in [0.1, 0.15) is 22.3 Å². The molecule has 4 rings (SSSR count). The lowest BCUT2D eigenvalue weighted by Crippen LogP contribution is -2.31. The van der Waals surface area contributed by atoms with E-state index in [4.69, 9.17) is 5.11 Å². The molecule has 0 amide bonds. The second kappa shape index (κ2) is 10.9. The number of rotatable bonds is 8. The highest BCUT2D eigenvalue weighted by atomic mass is 31.2. The van der Waals surface area contributed by atoms with Crippen LogP contribution in [0.3, 0.4) is 0 Å². The molecular formula is C26H30F3N6O3P. The van der Waals surface area contributed by atoms with Gasteiger partial charge in [-0.25, -0.2) is 9.78 Å². The predicted octanol–water partition coefficient (Wildman–Crippen LogP) is 5.07. The number of hydrogen-bond acceptors (Lipinski definition) is 8. The van der Waals surface area contributed by atoms with Gasteiger partial charge in [-0.05, 0) is 76.3 Å². The standard InChI is InChI=1S/C26H30F3N6O3P/c1-34(2)19-11-12-35(15-19)18-9-10-21(22(13-18)39(3,4)38)32-23-20(26(27,28)29)14-30-25(33-23)31-17-7-5-16(6-8-17)24(36)37/h5-10,13-14,19H,11-12,15H2,1-4H3,(H,36,37)(H2,30,31,32,33). The predicted molar refractivity (Wildman–Crippen MR) is 147 cm³/mol. The number of hydrogen-bond donors (Lipinski definition) is 3. The highest BCUT2D eigenvalue weighted by Crippen LogP contribution is 2.42. The number of anilines is 5. The second-order valence-electron chi connectivity index (χ2n) is 9.99. The van der Waals surface area contributed by atoms with Crippen LogP contribution in [0.4, 0.5) is 42.0 Å². The average molecular weight is 563 g/mol. The molecule has 13 heteroatoms. The Morgan fingerprint density at radius 3 is 2.38 bits per heavy atom. The van der Waals surface area contributed by atoms with Gasteiger partial charge in [-0.15, -0.1) is 0 Å². The van der Waals surface area contributed by atoms with Gasteiger partial charge in [-0.3, -0.25) is 0 Å². The third-order valence-electron chi connectivity index (χ3n) is 6.56. The molecule has 0 spiro atoms. The van der Waals surface area contributed by atoms with E-state index >= 15 is 0 Å². The molecule has 1 fully saturated rings. The lowest BCUT2D eigenvalue weighted by atomic mass is 10.2. The summed E-state index contributed by atoms with van der Waals surface area (Å²) in [6.07, 6.45) is -3.10. The molecule has 1 unspecified atom stereocenters. The summed E-state index contributed by atoms with van der Waals surface area (Å²) >= 11 is 0. The van der Waals surface area contributed by atoms with Crippen molar-refractivity contribution in [2.45, 2.75) is 18.6 Å². The molecule has 1 aliphatic rings. The molecule has 1 saturated heterocycles. The summed E-state index contributed by atoms with van der Waals surface area (Å²) in [6, 6.07) is 11.2. The van der Waals surface area contributed by atoms with Crippen LogP contribution in [0.5, 0.6) is 0 Å². The quantitative estimate of drug-likeness (QED) is 0.324. The van der Waals surface area contributed by atoms with Crippen LogP contribution in [-0.2, 0) is 10.7 Å². The van der Waals surface area contributed by atoms with E-state index in [0.29, 0.717) is 23.2 Å². The number of halogens is 3. The summed E-state index contributed by atoms with van der Waals surface area (Å²) in [5.74, 6) is -1.74. The molecule has 0 bridgehead atoms. The highest BCUT2D eigenvalue weighted by molar-refractivity contribution is 7.70. The van der Waals surface area contributed by atoms with Crippen molar-refractivity contribution in [2.24, 2.45) is 0 Å².